The number of anilines is 1. The van der Waals surface area contributed by atoms with Gasteiger partial charge in [0.15, 0.2) is 17.3 Å². The Bertz CT molecular complexity index is 681. The number of ether oxygens (including phenoxy) is 3. The number of hydrogen-bond donors (Lipinski definition) is 1. The molecule has 0 unspecified atom stereocenters. The van der Waals surface area contributed by atoms with Crippen LogP contribution in [0.25, 0.3) is 5.69 Å². The summed E-state index contributed by atoms with van der Waals surface area (Å²) < 4.78 is 18.7. The molecule has 21 heavy (non-hydrogen) atoms. The lowest BCUT2D eigenvalue weighted by Gasteiger charge is -2.15. The third-order valence-electron chi connectivity index (χ3n) is 3.83. The summed E-state index contributed by atoms with van der Waals surface area (Å²) in [4.78, 5) is 0. The summed E-state index contributed by atoms with van der Waals surface area (Å²) in [6, 6.07) is 5.87. The molecule has 1 aromatic carbocycles. The van der Waals surface area contributed by atoms with Gasteiger partial charge in [-0.05, 0) is 12.1 Å². The van der Waals surface area contributed by atoms with Crippen LogP contribution in [0.15, 0.2) is 18.2 Å². The fourth-order valence-electron chi connectivity index (χ4n) is 2.76. The molecule has 2 aliphatic heterocycles. The van der Waals surface area contributed by atoms with E-state index in [0.29, 0.717) is 32.2 Å². The van der Waals surface area contributed by atoms with Gasteiger partial charge in [0.2, 0.25) is 0 Å². The maximum atomic E-state index is 5.99. The highest BCUT2D eigenvalue weighted by atomic mass is 16.5. The Morgan fingerprint density at radius 2 is 1.95 bits per heavy atom. The lowest BCUT2D eigenvalue weighted by Crippen LogP contribution is -2.13. The predicted molar refractivity (Wildman–Crippen MR) is 76.9 cm³/mol. The summed E-state index contributed by atoms with van der Waals surface area (Å²) in [6.45, 7) is 2.59. The lowest BCUT2D eigenvalue weighted by molar-refractivity contribution is 0.110. The molecule has 6 heteroatoms. The monoisotopic (exact) mass is 287 g/mol. The number of benzene rings is 1. The minimum absolute atomic E-state index is 0.533. The van der Waals surface area contributed by atoms with Crippen molar-refractivity contribution in [3.05, 3.63) is 29.5 Å². The minimum atomic E-state index is 0.533. The van der Waals surface area contributed by atoms with Crippen LogP contribution < -0.4 is 15.2 Å². The van der Waals surface area contributed by atoms with E-state index < -0.39 is 0 Å². The van der Waals surface area contributed by atoms with Gasteiger partial charge in [0, 0.05) is 24.5 Å². The predicted octanol–water partition coefficient (Wildman–Crippen LogP) is 1.69. The van der Waals surface area contributed by atoms with Crippen LogP contribution in [0.2, 0.25) is 0 Å². The van der Waals surface area contributed by atoms with Gasteiger partial charge in [-0.15, -0.1) is 0 Å². The van der Waals surface area contributed by atoms with E-state index in [9.17, 15) is 0 Å². The van der Waals surface area contributed by atoms with E-state index in [1.807, 2.05) is 22.9 Å². The van der Waals surface area contributed by atoms with Crippen molar-refractivity contribution < 1.29 is 14.2 Å². The molecule has 2 N–H and O–H groups in total. The molecule has 0 fully saturated rings. The first-order chi connectivity index (χ1) is 10.3. The standard InChI is InChI=1S/C15H17N3O3/c16-15-11-9-19-7-4-12(11)18(17-15)10-2-3-13-14(8-10)21-6-1-5-20-13/h2-3,8H,1,4-7,9H2,(H2,16,17). The summed E-state index contributed by atoms with van der Waals surface area (Å²) in [5.74, 6) is 2.09. The number of nitrogens with two attached hydrogens (primary N) is 1. The van der Waals surface area contributed by atoms with Crippen LogP contribution >= 0.6 is 0 Å². The molecule has 0 atom stereocenters. The molecule has 4 rings (SSSR count). The molecule has 6 nitrogen and oxygen atoms in total. The van der Waals surface area contributed by atoms with E-state index in [0.717, 1.165) is 41.3 Å². The Morgan fingerprint density at radius 1 is 1.10 bits per heavy atom. The van der Waals surface area contributed by atoms with Crippen molar-refractivity contribution in [2.45, 2.75) is 19.4 Å². The SMILES string of the molecule is Nc1nn(-c2ccc3c(c2)OCCCO3)c2c1COCC2. The highest BCUT2D eigenvalue weighted by Gasteiger charge is 2.21. The number of hydrogen-bond acceptors (Lipinski definition) is 5. The smallest absolute Gasteiger partial charge is 0.163 e. The summed E-state index contributed by atoms with van der Waals surface area (Å²) >= 11 is 0. The van der Waals surface area contributed by atoms with Gasteiger partial charge in [0.1, 0.15) is 0 Å². The van der Waals surface area contributed by atoms with E-state index >= 15 is 0 Å². The lowest BCUT2D eigenvalue weighted by atomic mass is 10.1. The summed E-state index contributed by atoms with van der Waals surface area (Å²) in [7, 11) is 0. The molecule has 3 heterocycles. The van der Waals surface area contributed by atoms with Gasteiger partial charge in [-0.2, -0.15) is 5.10 Å². The second-order valence-electron chi connectivity index (χ2n) is 5.21. The van der Waals surface area contributed by atoms with Crippen molar-refractivity contribution in [2.75, 3.05) is 25.6 Å². The van der Waals surface area contributed by atoms with Gasteiger partial charge in [-0.3, -0.25) is 0 Å². The Morgan fingerprint density at radius 3 is 2.86 bits per heavy atom. The molecule has 1 aromatic heterocycles. The first kappa shape index (κ1) is 12.5. The zero-order valence-corrected chi connectivity index (χ0v) is 11.7. The van der Waals surface area contributed by atoms with E-state index in [1.54, 1.807) is 0 Å². The highest BCUT2D eigenvalue weighted by molar-refractivity contribution is 5.52. The van der Waals surface area contributed by atoms with Crippen LogP contribution in [0.3, 0.4) is 0 Å². The molecule has 0 bridgehead atoms. The highest BCUT2D eigenvalue weighted by Crippen LogP contribution is 2.33. The van der Waals surface area contributed by atoms with Gasteiger partial charge in [-0.25, -0.2) is 4.68 Å². The van der Waals surface area contributed by atoms with Gasteiger partial charge >= 0.3 is 0 Å². The van der Waals surface area contributed by atoms with E-state index in [1.165, 1.54) is 0 Å². The number of nitrogens with zero attached hydrogens (tertiary/aromatic N) is 2. The molecule has 2 aromatic rings. The van der Waals surface area contributed by atoms with Gasteiger partial charge in [0.05, 0.1) is 37.8 Å². The second kappa shape index (κ2) is 4.96. The van der Waals surface area contributed by atoms with E-state index in [4.69, 9.17) is 19.9 Å². The first-order valence-electron chi connectivity index (χ1n) is 7.17. The average molecular weight is 287 g/mol. The molecule has 2 aliphatic rings. The Hall–Kier alpha value is -2.21. The molecule has 0 aliphatic carbocycles. The third-order valence-corrected chi connectivity index (χ3v) is 3.83. The molecule has 0 radical (unpaired) electrons. The molecule has 0 saturated carbocycles. The van der Waals surface area contributed by atoms with Crippen LogP contribution in [0.5, 0.6) is 11.5 Å². The van der Waals surface area contributed by atoms with Crippen molar-refractivity contribution in [1.29, 1.82) is 0 Å². The van der Waals surface area contributed by atoms with Crippen molar-refractivity contribution in [3.8, 4) is 17.2 Å². The molecule has 0 amide bonds. The maximum Gasteiger partial charge on any atom is 0.163 e. The second-order valence-corrected chi connectivity index (χ2v) is 5.21. The van der Waals surface area contributed by atoms with Crippen molar-refractivity contribution >= 4 is 5.82 Å². The van der Waals surface area contributed by atoms with E-state index in [2.05, 4.69) is 5.10 Å². The first-order valence-corrected chi connectivity index (χ1v) is 7.17. The third kappa shape index (κ3) is 2.12. The van der Waals surface area contributed by atoms with Crippen LogP contribution in [0.1, 0.15) is 17.7 Å². The Balaban J connectivity index is 1.79. The topological polar surface area (TPSA) is 71.5 Å². The number of aromatic nitrogens is 2. The molecule has 0 spiro atoms. The fraction of sp³-hybridized carbons (Fsp3) is 0.400. The fourth-order valence-corrected chi connectivity index (χ4v) is 2.76. The van der Waals surface area contributed by atoms with Crippen molar-refractivity contribution in [1.82, 2.24) is 9.78 Å². The zero-order valence-electron chi connectivity index (χ0n) is 11.7. The molecule has 0 saturated heterocycles. The average Bonchev–Trinajstić information content (AvgIpc) is 2.71. The quantitative estimate of drug-likeness (QED) is 0.864. The van der Waals surface area contributed by atoms with Gasteiger partial charge in [-0.1, -0.05) is 0 Å². The molecular formula is C15H17N3O3. The van der Waals surface area contributed by atoms with Gasteiger partial charge < -0.3 is 19.9 Å². The van der Waals surface area contributed by atoms with Crippen LogP contribution in [-0.2, 0) is 17.8 Å². The molecular weight excluding hydrogens is 270 g/mol. The maximum absolute atomic E-state index is 5.99. The Kier molecular flexibility index (Phi) is 2.96. The number of rotatable bonds is 1. The van der Waals surface area contributed by atoms with Crippen molar-refractivity contribution in [2.24, 2.45) is 0 Å². The summed E-state index contributed by atoms with van der Waals surface area (Å²) in [5.41, 5.74) is 9.05. The Labute approximate surface area is 122 Å². The van der Waals surface area contributed by atoms with E-state index in [-0.39, 0.29) is 0 Å². The zero-order chi connectivity index (χ0) is 14.2. The van der Waals surface area contributed by atoms with Crippen LogP contribution in [0, 0.1) is 0 Å². The van der Waals surface area contributed by atoms with Crippen LogP contribution in [-0.4, -0.2) is 29.6 Å². The van der Waals surface area contributed by atoms with Crippen molar-refractivity contribution in [3.63, 3.8) is 0 Å². The number of fused-ring (bicyclic) bond motifs is 2. The summed E-state index contributed by atoms with van der Waals surface area (Å²) in [6.07, 6.45) is 1.71. The normalized spacial score (nSPS) is 17.1. The molecule has 110 valence electrons. The minimum Gasteiger partial charge on any atom is -0.490 e. The number of nitrogen functional groups attached to an aromatic ring is 1. The summed E-state index contributed by atoms with van der Waals surface area (Å²) in [5, 5.41) is 4.45. The largest absolute Gasteiger partial charge is 0.490 e. The van der Waals surface area contributed by atoms with Crippen LogP contribution in [0.4, 0.5) is 5.82 Å². The van der Waals surface area contributed by atoms with Gasteiger partial charge in [0.25, 0.3) is 0 Å².